The number of nitrogens with one attached hydrogen (secondary N) is 3. The number of amides is 1. The number of fused-ring (bicyclic) bond motifs is 1. The monoisotopic (exact) mass is 436 g/mol. The minimum Gasteiger partial charge on any atom is -0.325 e. The van der Waals surface area contributed by atoms with Gasteiger partial charge in [0.15, 0.2) is 15.0 Å². The Labute approximate surface area is 170 Å². The third kappa shape index (κ3) is 4.53. The van der Waals surface area contributed by atoms with Gasteiger partial charge in [0.2, 0.25) is 5.91 Å². The highest BCUT2D eigenvalue weighted by atomic mass is 32.2. The van der Waals surface area contributed by atoms with Gasteiger partial charge < -0.3 is 19.9 Å². The summed E-state index contributed by atoms with van der Waals surface area (Å²) >= 11 is 1.26. The largest absolute Gasteiger partial charge is 0.325 e. The van der Waals surface area contributed by atoms with Crippen LogP contribution in [0.25, 0.3) is 11.0 Å². The number of rotatable bonds is 6. The zero-order valence-electron chi connectivity index (χ0n) is 15.6. The maximum Gasteiger partial charge on any atom is 0.323 e. The molecule has 12 heteroatoms. The van der Waals surface area contributed by atoms with Crippen molar-refractivity contribution < 1.29 is 13.2 Å². The van der Waals surface area contributed by atoms with Gasteiger partial charge >= 0.3 is 5.69 Å². The molecule has 0 saturated carbocycles. The van der Waals surface area contributed by atoms with Crippen LogP contribution in [0.5, 0.6) is 0 Å². The Kier molecular flexibility index (Phi) is 5.21. The van der Waals surface area contributed by atoms with Crippen molar-refractivity contribution in [2.45, 2.75) is 18.0 Å². The zero-order valence-corrected chi connectivity index (χ0v) is 17.3. The molecule has 3 aromatic rings. The van der Waals surface area contributed by atoms with Crippen LogP contribution in [-0.4, -0.2) is 56.3 Å². The average molecular weight is 437 g/mol. The fraction of sp³-hybridized carbons (Fsp3) is 0.412. The third-order valence-corrected chi connectivity index (χ3v) is 7.71. The lowest BCUT2D eigenvalue weighted by molar-refractivity contribution is -0.113. The summed E-state index contributed by atoms with van der Waals surface area (Å²) in [6.45, 7) is 0. The fourth-order valence-electron chi connectivity index (χ4n) is 3.38. The summed E-state index contributed by atoms with van der Waals surface area (Å²) in [5.41, 5.74) is 1.57. The van der Waals surface area contributed by atoms with Gasteiger partial charge in [0, 0.05) is 19.2 Å². The zero-order chi connectivity index (χ0) is 20.6. The van der Waals surface area contributed by atoms with E-state index in [1.807, 2.05) is 7.05 Å². The molecule has 3 heterocycles. The summed E-state index contributed by atoms with van der Waals surface area (Å²) in [4.78, 5) is 28.9. The van der Waals surface area contributed by atoms with Gasteiger partial charge in [-0.3, -0.25) is 4.79 Å². The standard InChI is InChI=1S/C17H20N6O4S2/c1-23-14(6-10-4-5-29(26,27)9-10)21-22-17(23)28-8-15(24)18-11-2-3-12-13(7-11)20-16(25)19-12/h2-3,7,10H,4-6,8-9H2,1H3,(H,18,24)(H2,19,20,25). The number of thioether (sulfide) groups is 1. The fourth-order valence-corrected chi connectivity index (χ4v) is 5.97. The number of hydrogen-bond acceptors (Lipinski definition) is 7. The summed E-state index contributed by atoms with van der Waals surface area (Å²) < 4.78 is 25.0. The molecule has 154 valence electrons. The van der Waals surface area contributed by atoms with E-state index in [1.165, 1.54) is 11.8 Å². The molecule has 1 aliphatic heterocycles. The minimum atomic E-state index is -2.92. The quantitative estimate of drug-likeness (QED) is 0.483. The number of anilines is 1. The Hall–Kier alpha value is -2.60. The van der Waals surface area contributed by atoms with E-state index in [9.17, 15) is 18.0 Å². The molecule has 29 heavy (non-hydrogen) atoms. The molecule has 1 unspecified atom stereocenters. The van der Waals surface area contributed by atoms with Gasteiger partial charge in [-0.2, -0.15) is 0 Å². The molecule has 1 aliphatic rings. The number of carbonyl (C=O) groups excluding carboxylic acids is 1. The normalized spacial score (nSPS) is 18.3. The number of imidazole rings is 1. The molecule has 1 amide bonds. The van der Waals surface area contributed by atoms with Crippen molar-refractivity contribution in [2.24, 2.45) is 13.0 Å². The number of sulfone groups is 1. The highest BCUT2D eigenvalue weighted by molar-refractivity contribution is 7.99. The third-order valence-electron chi connectivity index (χ3n) is 4.86. The van der Waals surface area contributed by atoms with E-state index >= 15 is 0 Å². The van der Waals surface area contributed by atoms with Crippen LogP contribution in [0.4, 0.5) is 5.69 Å². The van der Waals surface area contributed by atoms with Crippen LogP contribution in [0.15, 0.2) is 28.2 Å². The van der Waals surface area contributed by atoms with Crippen LogP contribution in [0.2, 0.25) is 0 Å². The first-order valence-corrected chi connectivity index (χ1v) is 11.8. The molecule has 1 aromatic carbocycles. The van der Waals surface area contributed by atoms with Crippen molar-refractivity contribution in [3.63, 3.8) is 0 Å². The summed E-state index contributed by atoms with van der Waals surface area (Å²) in [5.74, 6) is 1.15. The van der Waals surface area contributed by atoms with E-state index in [1.54, 1.807) is 22.8 Å². The molecule has 3 N–H and O–H groups in total. The molecule has 1 atom stereocenters. The highest BCUT2D eigenvalue weighted by Crippen LogP contribution is 2.24. The summed E-state index contributed by atoms with van der Waals surface area (Å²) in [5, 5.41) is 11.7. The van der Waals surface area contributed by atoms with Gasteiger partial charge in [-0.1, -0.05) is 11.8 Å². The van der Waals surface area contributed by atoms with Gasteiger partial charge in [-0.25, -0.2) is 13.2 Å². The van der Waals surface area contributed by atoms with Crippen LogP contribution in [0.3, 0.4) is 0 Å². The maximum atomic E-state index is 12.3. The number of nitrogens with zero attached hydrogens (tertiary/aromatic N) is 3. The first-order valence-electron chi connectivity index (χ1n) is 9.02. The predicted molar refractivity (Wildman–Crippen MR) is 110 cm³/mol. The summed E-state index contributed by atoms with van der Waals surface area (Å²) in [6.07, 6.45) is 1.21. The molecule has 0 bridgehead atoms. The van der Waals surface area contributed by atoms with Crippen LogP contribution in [0, 0.1) is 5.92 Å². The first kappa shape index (κ1) is 19.7. The van der Waals surface area contributed by atoms with E-state index in [0.717, 1.165) is 5.82 Å². The topological polar surface area (TPSA) is 143 Å². The Morgan fingerprint density at radius 1 is 1.31 bits per heavy atom. The molecule has 10 nitrogen and oxygen atoms in total. The number of aromatic nitrogens is 5. The molecule has 0 aliphatic carbocycles. The average Bonchev–Trinajstić information content (AvgIpc) is 3.30. The van der Waals surface area contributed by atoms with Crippen molar-refractivity contribution in [1.29, 1.82) is 0 Å². The van der Waals surface area contributed by atoms with E-state index in [-0.39, 0.29) is 34.8 Å². The lowest BCUT2D eigenvalue weighted by Gasteiger charge is -2.08. The number of carbonyl (C=O) groups is 1. The van der Waals surface area contributed by atoms with E-state index < -0.39 is 9.84 Å². The smallest absolute Gasteiger partial charge is 0.323 e. The second-order valence-electron chi connectivity index (χ2n) is 7.11. The van der Waals surface area contributed by atoms with Gasteiger partial charge in [0.25, 0.3) is 0 Å². The second-order valence-corrected chi connectivity index (χ2v) is 10.3. The SMILES string of the molecule is Cn1c(CC2CCS(=O)(=O)C2)nnc1SCC(=O)Nc1ccc2[nH]c(=O)[nH]c2c1. The van der Waals surface area contributed by atoms with E-state index in [2.05, 4.69) is 25.5 Å². The molecule has 1 saturated heterocycles. The van der Waals surface area contributed by atoms with Crippen molar-refractivity contribution in [2.75, 3.05) is 22.6 Å². The molecule has 2 aromatic heterocycles. The highest BCUT2D eigenvalue weighted by Gasteiger charge is 2.29. The summed E-state index contributed by atoms with van der Waals surface area (Å²) in [6, 6.07) is 5.12. The molecular formula is C17H20N6O4S2. The molecule has 0 spiro atoms. The van der Waals surface area contributed by atoms with Crippen LogP contribution < -0.4 is 11.0 Å². The van der Waals surface area contributed by atoms with Gasteiger partial charge in [0.1, 0.15) is 5.82 Å². The van der Waals surface area contributed by atoms with E-state index in [0.29, 0.717) is 34.7 Å². The number of hydrogen-bond donors (Lipinski definition) is 3. The van der Waals surface area contributed by atoms with Crippen molar-refractivity contribution in [3.05, 3.63) is 34.5 Å². The maximum absolute atomic E-state index is 12.3. The van der Waals surface area contributed by atoms with Gasteiger partial charge in [0.05, 0.1) is 28.3 Å². The van der Waals surface area contributed by atoms with Crippen LogP contribution >= 0.6 is 11.8 Å². The predicted octanol–water partition coefficient (Wildman–Crippen LogP) is 0.693. The Morgan fingerprint density at radius 3 is 2.86 bits per heavy atom. The number of benzene rings is 1. The Morgan fingerprint density at radius 2 is 2.10 bits per heavy atom. The molecule has 0 radical (unpaired) electrons. The molecular weight excluding hydrogens is 416 g/mol. The van der Waals surface area contributed by atoms with Crippen molar-refractivity contribution >= 4 is 44.2 Å². The summed E-state index contributed by atoms with van der Waals surface area (Å²) in [7, 11) is -1.11. The van der Waals surface area contributed by atoms with Gasteiger partial charge in [-0.05, 0) is 30.5 Å². The Bertz CT molecular complexity index is 1230. The van der Waals surface area contributed by atoms with E-state index in [4.69, 9.17) is 0 Å². The second kappa shape index (κ2) is 7.67. The van der Waals surface area contributed by atoms with Crippen molar-refractivity contribution in [3.8, 4) is 0 Å². The molecule has 4 rings (SSSR count). The lowest BCUT2D eigenvalue weighted by Crippen LogP contribution is -2.14. The number of H-pyrrole nitrogens is 2. The van der Waals surface area contributed by atoms with Crippen LogP contribution in [0.1, 0.15) is 12.2 Å². The minimum absolute atomic E-state index is 0.0684. The van der Waals surface area contributed by atoms with Crippen molar-refractivity contribution in [1.82, 2.24) is 24.7 Å². The van der Waals surface area contributed by atoms with Gasteiger partial charge in [-0.15, -0.1) is 10.2 Å². The Balaban J connectivity index is 1.34. The molecule has 1 fully saturated rings. The van der Waals surface area contributed by atoms with Crippen LogP contribution in [-0.2, 0) is 28.1 Å². The lowest BCUT2D eigenvalue weighted by atomic mass is 10.1. The first-order chi connectivity index (χ1) is 13.8. The number of aromatic amines is 2.